The fourth-order valence-corrected chi connectivity index (χ4v) is 3.32. The number of hydrogen-bond donors (Lipinski definition) is 1. The maximum atomic E-state index is 6.00. The van der Waals surface area contributed by atoms with Crippen molar-refractivity contribution in [2.75, 3.05) is 27.2 Å². The van der Waals surface area contributed by atoms with E-state index in [-0.39, 0.29) is 0 Å². The van der Waals surface area contributed by atoms with Gasteiger partial charge in [-0.15, -0.1) is 0 Å². The molecule has 1 aromatic rings. The third kappa shape index (κ3) is 3.01. The van der Waals surface area contributed by atoms with Crippen molar-refractivity contribution in [3.63, 3.8) is 0 Å². The first kappa shape index (κ1) is 14.7. The van der Waals surface area contributed by atoms with Gasteiger partial charge in [0.25, 0.3) is 0 Å². The second-order valence-electron chi connectivity index (χ2n) is 6.37. The molecule has 2 fully saturated rings. The van der Waals surface area contributed by atoms with Crippen LogP contribution in [0.1, 0.15) is 37.3 Å². The molecule has 2 N–H and O–H groups in total. The highest BCUT2D eigenvalue weighted by Gasteiger charge is 2.30. The second kappa shape index (κ2) is 6.24. The lowest BCUT2D eigenvalue weighted by Gasteiger charge is -2.28. The first-order valence-electron chi connectivity index (χ1n) is 7.96. The summed E-state index contributed by atoms with van der Waals surface area (Å²) < 4.78 is 11.5. The Morgan fingerprint density at radius 2 is 2.10 bits per heavy atom. The van der Waals surface area contributed by atoms with Crippen LogP contribution in [0.4, 0.5) is 0 Å². The van der Waals surface area contributed by atoms with Gasteiger partial charge in [0.1, 0.15) is 0 Å². The molecule has 3 rings (SSSR count). The number of methoxy groups -OCH3 is 1. The Bertz CT molecular complexity index is 488. The van der Waals surface area contributed by atoms with Crippen LogP contribution in [-0.4, -0.2) is 38.3 Å². The summed E-state index contributed by atoms with van der Waals surface area (Å²) in [6.45, 7) is 1.84. The van der Waals surface area contributed by atoms with E-state index < -0.39 is 0 Å². The highest BCUT2D eigenvalue weighted by atomic mass is 16.5. The Morgan fingerprint density at radius 1 is 1.29 bits per heavy atom. The maximum absolute atomic E-state index is 6.00. The van der Waals surface area contributed by atoms with Crippen LogP contribution in [0.2, 0.25) is 0 Å². The van der Waals surface area contributed by atoms with E-state index >= 15 is 0 Å². The number of likely N-dealkylation sites (tertiary alicyclic amines) is 1. The minimum Gasteiger partial charge on any atom is -0.493 e. The Balaban J connectivity index is 1.77. The van der Waals surface area contributed by atoms with Gasteiger partial charge in [0.2, 0.25) is 0 Å². The maximum Gasteiger partial charge on any atom is 0.161 e. The third-order valence-corrected chi connectivity index (χ3v) is 4.89. The molecule has 21 heavy (non-hydrogen) atoms. The number of nitrogens with two attached hydrogens (primary N) is 1. The number of rotatable bonds is 5. The highest BCUT2D eigenvalue weighted by molar-refractivity contribution is 5.44. The summed E-state index contributed by atoms with van der Waals surface area (Å²) in [4.78, 5) is 2.39. The summed E-state index contributed by atoms with van der Waals surface area (Å²) in [6, 6.07) is 6.81. The van der Waals surface area contributed by atoms with Crippen LogP contribution in [0.25, 0.3) is 0 Å². The van der Waals surface area contributed by atoms with Crippen LogP contribution in [-0.2, 0) is 0 Å². The molecule has 1 heterocycles. The van der Waals surface area contributed by atoms with Crippen molar-refractivity contribution >= 4 is 0 Å². The van der Waals surface area contributed by atoms with Gasteiger partial charge in [0.15, 0.2) is 11.5 Å². The molecule has 2 aliphatic rings. The van der Waals surface area contributed by atoms with Crippen LogP contribution in [0, 0.1) is 5.92 Å². The van der Waals surface area contributed by atoms with E-state index in [2.05, 4.69) is 30.1 Å². The molecule has 0 bridgehead atoms. The Hall–Kier alpha value is -1.26. The van der Waals surface area contributed by atoms with Crippen molar-refractivity contribution in [1.29, 1.82) is 0 Å². The SMILES string of the molecule is COc1cc(C2CC(CN)CN2C)ccc1OC1CCC1. The zero-order chi connectivity index (χ0) is 14.8. The van der Waals surface area contributed by atoms with Crippen molar-refractivity contribution in [2.45, 2.75) is 37.8 Å². The van der Waals surface area contributed by atoms with Gasteiger partial charge >= 0.3 is 0 Å². The summed E-state index contributed by atoms with van der Waals surface area (Å²) in [5.41, 5.74) is 7.12. The van der Waals surface area contributed by atoms with Crippen molar-refractivity contribution < 1.29 is 9.47 Å². The van der Waals surface area contributed by atoms with E-state index in [1.165, 1.54) is 12.0 Å². The molecule has 0 spiro atoms. The van der Waals surface area contributed by atoms with E-state index in [0.29, 0.717) is 18.1 Å². The lowest BCUT2D eigenvalue weighted by molar-refractivity contribution is 0.116. The fraction of sp³-hybridized carbons (Fsp3) is 0.647. The summed E-state index contributed by atoms with van der Waals surface area (Å²) in [6.07, 6.45) is 5.10. The van der Waals surface area contributed by atoms with Gasteiger partial charge in [-0.05, 0) is 62.9 Å². The lowest BCUT2D eigenvalue weighted by atomic mass is 9.96. The predicted molar refractivity (Wildman–Crippen MR) is 83.8 cm³/mol. The average Bonchev–Trinajstić information content (AvgIpc) is 2.84. The first-order chi connectivity index (χ1) is 10.2. The van der Waals surface area contributed by atoms with Gasteiger partial charge in [-0.2, -0.15) is 0 Å². The standard InChI is InChI=1S/C17H26N2O2/c1-19-11-12(10-18)8-15(19)13-6-7-16(17(9-13)20-2)21-14-4-3-5-14/h6-7,9,12,14-15H,3-5,8,10-11,18H2,1-2H3. The fourth-order valence-electron chi connectivity index (χ4n) is 3.32. The van der Waals surface area contributed by atoms with Crippen molar-refractivity contribution in [3.8, 4) is 11.5 Å². The molecule has 0 radical (unpaired) electrons. The van der Waals surface area contributed by atoms with Crippen LogP contribution in [0.15, 0.2) is 18.2 Å². The molecule has 2 atom stereocenters. The first-order valence-corrected chi connectivity index (χ1v) is 7.96. The van der Waals surface area contributed by atoms with Crippen molar-refractivity contribution in [2.24, 2.45) is 11.7 Å². The zero-order valence-electron chi connectivity index (χ0n) is 13.0. The molecular formula is C17H26N2O2. The number of nitrogens with zero attached hydrogens (tertiary/aromatic N) is 1. The largest absolute Gasteiger partial charge is 0.493 e. The van der Waals surface area contributed by atoms with Crippen LogP contribution < -0.4 is 15.2 Å². The van der Waals surface area contributed by atoms with E-state index in [0.717, 1.165) is 43.9 Å². The van der Waals surface area contributed by atoms with Crippen LogP contribution >= 0.6 is 0 Å². The lowest BCUT2D eigenvalue weighted by Crippen LogP contribution is -2.24. The normalized spacial score (nSPS) is 26.6. The summed E-state index contributed by atoms with van der Waals surface area (Å²) >= 11 is 0. The number of benzene rings is 1. The van der Waals surface area contributed by atoms with Crippen LogP contribution in [0.5, 0.6) is 11.5 Å². The summed E-state index contributed by atoms with van der Waals surface area (Å²) in [5, 5.41) is 0. The Labute approximate surface area is 127 Å². The Morgan fingerprint density at radius 3 is 2.67 bits per heavy atom. The molecule has 2 unspecified atom stereocenters. The van der Waals surface area contributed by atoms with Crippen LogP contribution in [0.3, 0.4) is 0 Å². The third-order valence-electron chi connectivity index (χ3n) is 4.89. The van der Waals surface area contributed by atoms with Gasteiger partial charge < -0.3 is 15.2 Å². The molecule has 1 saturated carbocycles. The predicted octanol–water partition coefficient (Wildman–Crippen LogP) is 2.58. The van der Waals surface area contributed by atoms with Gasteiger partial charge in [-0.1, -0.05) is 6.07 Å². The second-order valence-corrected chi connectivity index (χ2v) is 6.37. The zero-order valence-corrected chi connectivity index (χ0v) is 13.0. The number of ether oxygens (including phenoxy) is 2. The van der Waals surface area contributed by atoms with Crippen molar-refractivity contribution in [1.82, 2.24) is 4.90 Å². The highest BCUT2D eigenvalue weighted by Crippen LogP contribution is 2.39. The quantitative estimate of drug-likeness (QED) is 0.905. The molecule has 1 aliphatic heterocycles. The molecule has 4 heteroatoms. The molecule has 0 aromatic heterocycles. The molecular weight excluding hydrogens is 264 g/mol. The Kier molecular flexibility index (Phi) is 4.36. The van der Waals surface area contributed by atoms with Gasteiger partial charge in [-0.25, -0.2) is 0 Å². The summed E-state index contributed by atoms with van der Waals surface area (Å²) in [7, 11) is 3.89. The molecule has 1 aliphatic carbocycles. The average molecular weight is 290 g/mol. The molecule has 116 valence electrons. The van der Waals surface area contributed by atoms with E-state index in [1.807, 2.05) is 0 Å². The summed E-state index contributed by atoms with van der Waals surface area (Å²) in [5.74, 6) is 2.32. The van der Waals surface area contributed by atoms with E-state index in [1.54, 1.807) is 7.11 Å². The molecule has 4 nitrogen and oxygen atoms in total. The van der Waals surface area contributed by atoms with Gasteiger partial charge in [0, 0.05) is 12.6 Å². The minimum absolute atomic E-state index is 0.375. The van der Waals surface area contributed by atoms with Crippen molar-refractivity contribution in [3.05, 3.63) is 23.8 Å². The number of hydrogen-bond acceptors (Lipinski definition) is 4. The van der Waals surface area contributed by atoms with Gasteiger partial charge in [0.05, 0.1) is 13.2 Å². The monoisotopic (exact) mass is 290 g/mol. The van der Waals surface area contributed by atoms with E-state index in [4.69, 9.17) is 15.2 Å². The molecule has 0 amide bonds. The topological polar surface area (TPSA) is 47.7 Å². The van der Waals surface area contributed by atoms with Gasteiger partial charge in [-0.3, -0.25) is 4.90 Å². The van der Waals surface area contributed by atoms with E-state index in [9.17, 15) is 0 Å². The smallest absolute Gasteiger partial charge is 0.161 e. The minimum atomic E-state index is 0.375. The molecule has 1 aromatic carbocycles. The molecule has 1 saturated heterocycles.